The first kappa shape index (κ1) is 18.4. The Morgan fingerprint density at radius 3 is 2.41 bits per heavy atom. The number of nitrogens with one attached hydrogen (secondary N) is 1. The number of Topliss-reactive ketones (excluding diaryl/α,β-unsaturated/α-hetero) is 1. The van der Waals surface area contributed by atoms with Gasteiger partial charge in [0.1, 0.15) is 0 Å². The molecule has 0 unspecified atom stereocenters. The molecule has 0 aliphatic carbocycles. The van der Waals surface area contributed by atoms with Crippen molar-refractivity contribution in [1.82, 2.24) is 9.88 Å². The van der Waals surface area contributed by atoms with Crippen LogP contribution in [0.2, 0.25) is 0 Å². The molecule has 0 spiro atoms. The summed E-state index contributed by atoms with van der Waals surface area (Å²) in [7, 11) is 0. The van der Waals surface area contributed by atoms with E-state index in [-0.39, 0.29) is 23.7 Å². The molecule has 1 aromatic heterocycles. The number of hydrogen-bond acceptors (Lipinski definition) is 3. The lowest BCUT2D eigenvalue weighted by Crippen LogP contribution is -2.23. The van der Waals surface area contributed by atoms with Gasteiger partial charge in [-0.25, -0.2) is 4.79 Å². The first-order valence-corrected chi connectivity index (χ1v) is 8.63. The molecule has 138 valence electrons. The van der Waals surface area contributed by atoms with E-state index in [1.54, 1.807) is 18.3 Å². The molecule has 0 aliphatic rings. The minimum Gasteiger partial charge on any atom is -0.478 e. The summed E-state index contributed by atoms with van der Waals surface area (Å²) < 4.78 is 1.92. The summed E-state index contributed by atoms with van der Waals surface area (Å²) in [6.07, 6.45) is 2.08. The van der Waals surface area contributed by atoms with Crippen molar-refractivity contribution in [1.29, 1.82) is 0 Å². The smallest absolute Gasteiger partial charge is 0.335 e. The van der Waals surface area contributed by atoms with Gasteiger partial charge in [-0.15, -0.1) is 0 Å². The molecule has 0 atom stereocenters. The molecular weight excluding hydrogens is 344 g/mol. The first-order chi connectivity index (χ1) is 13.0. The number of carbonyl (C=O) groups excluding carboxylic acids is 2. The molecule has 0 aliphatic heterocycles. The molecule has 1 heterocycles. The summed E-state index contributed by atoms with van der Waals surface area (Å²) in [5.41, 5.74) is 2.63. The molecule has 0 saturated heterocycles. The van der Waals surface area contributed by atoms with Crippen molar-refractivity contribution in [2.24, 2.45) is 0 Å². The highest BCUT2D eigenvalue weighted by atomic mass is 16.4. The molecule has 3 aromatic rings. The second-order valence-electron chi connectivity index (χ2n) is 6.34. The van der Waals surface area contributed by atoms with Crippen molar-refractivity contribution in [3.8, 4) is 0 Å². The van der Waals surface area contributed by atoms with Crippen molar-refractivity contribution in [2.75, 3.05) is 0 Å². The number of ketones is 1. The quantitative estimate of drug-likeness (QED) is 0.630. The third-order valence-corrected chi connectivity index (χ3v) is 4.44. The number of carboxylic acids is 1. The number of aryl methyl sites for hydroxylation is 1. The molecule has 6 heteroatoms. The standard InChI is InChI=1S/C21H20N2O4/c1-14(24)18-13-23(19-5-3-2-4-17(18)19)11-10-20(25)22-12-15-6-8-16(9-7-15)21(26)27/h2-9,13H,10-12H2,1H3,(H,22,25)(H,26,27). The summed E-state index contributed by atoms with van der Waals surface area (Å²) in [6.45, 7) is 2.34. The van der Waals surface area contributed by atoms with E-state index in [4.69, 9.17) is 5.11 Å². The third-order valence-electron chi connectivity index (χ3n) is 4.44. The Kier molecular flexibility index (Phi) is 5.35. The second-order valence-corrected chi connectivity index (χ2v) is 6.34. The molecule has 1 amide bonds. The van der Waals surface area contributed by atoms with Crippen LogP contribution in [0.1, 0.15) is 39.6 Å². The number of para-hydroxylation sites is 1. The molecule has 2 aromatic carbocycles. The van der Waals surface area contributed by atoms with Crippen LogP contribution in [0.5, 0.6) is 0 Å². The minimum absolute atomic E-state index is 0.000732. The van der Waals surface area contributed by atoms with Crippen molar-refractivity contribution in [3.63, 3.8) is 0 Å². The van der Waals surface area contributed by atoms with Crippen molar-refractivity contribution in [2.45, 2.75) is 26.4 Å². The van der Waals surface area contributed by atoms with Gasteiger partial charge in [-0.3, -0.25) is 9.59 Å². The maximum Gasteiger partial charge on any atom is 0.335 e. The fourth-order valence-corrected chi connectivity index (χ4v) is 2.99. The van der Waals surface area contributed by atoms with E-state index in [1.807, 2.05) is 28.8 Å². The molecule has 3 rings (SSSR count). The zero-order chi connectivity index (χ0) is 19.4. The van der Waals surface area contributed by atoms with E-state index < -0.39 is 5.97 Å². The fourth-order valence-electron chi connectivity index (χ4n) is 2.99. The number of fused-ring (bicyclic) bond motifs is 1. The number of carbonyl (C=O) groups is 3. The predicted molar refractivity (Wildman–Crippen MR) is 102 cm³/mol. The van der Waals surface area contributed by atoms with Gasteiger partial charge in [0, 0.05) is 42.2 Å². The Morgan fingerprint density at radius 2 is 1.74 bits per heavy atom. The molecule has 0 fully saturated rings. The normalized spacial score (nSPS) is 10.7. The van der Waals surface area contributed by atoms with Gasteiger partial charge in [-0.05, 0) is 30.7 Å². The van der Waals surface area contributed by atoms with Crippen molar-refractivity contribution in [3.05, 3.63) is 71.4 Å². The van der Waals surface area contributed by atoms with Crippen molar-refractivity contribution >= 4 is 28.6 Å². The van der Waals surface area contributed by atoms with Crippen LogP contribution in [0, 0.1) is 0 Å². The van der Waals surface area contributed by atoms with E-state index in [0.717, 1.165) is 16.5 Å². The van der Waals surface area contributed by atoms with E-state index >= 15 is 0 Å². The lowest BCUT2D eigenvalue weighted by Gasteiger charge is -2.07. The van der Waals surface area contributed by atoms with Gasteiger partial charge in [0.05, 0.1) is 5.56 Å². The van der Waals surface area contributed by atoms with Gasteiger partial charge in [0.15, 0.2) is 5.78 Å². The van der Waals surface area contributed by atoms with Crippen LogP contribution < -0.4 is 5.32 Å². The monoisotopic (exact) mass is 364 g/mol. The number of carboxylic acid groups (broad SMARTS) is 1. The average molecular weight is 364 g/mol. The maximum absolute atomic E-state index is 12.2. The first-order valence-electron chi connectivity index (χ1n) is 8.63. The lowest BCUT2D eigenvalue weighted by molar-refractivity contribution is -0.121. The Hall–Kier alpha value is -3.41. The van der Waals surface area contributed by atoms with Gasteiger partial charge in [-0.2, -0.15) is 0 Å². The summed E-state index contributed by atoms with van der Waals surface area (Å²) in [5, 5.41) is 12.6. The van der Waals surface area contributed by atoms with E-state index in [9.17, 15) is 14.4 Å². The highest BCUT2D eigenvalue weighted by Gasteiger charge is 2.12. The molecular formula is C21H20N2O4. The highest BCUT2D eigenvalue weighted by molar-refractivity contribution is 6.07. The topological polar surface area (TPSA) is 88.4 Å². The number of aromatic carboxylic acids is 1. The van der Waals surface area contributed by atoms with Crippen LogP contribution in [0.3, 0.4) is 0 Å². The lowest BCUT2D eigenvalue weighted by atomic mass is 10.1. The van der Waals surface area contributed by atoms with Crippen LogP contribution in [0.15, 0.2) is 54.7 Å². The fraction of sp³-hybridized carbons (Fsp3) is 0.190. The number of hydrogen-bond donors (Lipinski definition) is 2. The summed E-state index contributed by atoms with van der Waals surface area (Å²) in [6, 6.07) is 14.0. The zero-order valence-electron chi connectivity index (χ0n) is 14.9. The Bertz CT molecular complexity index is 1000. The Morgan fingerprint density at radius 1 is 1.04 bits per heavy atom. The molecule has 0 saturated carbocycles. The van der Waals surface area contributed by atoms with E-state index in [1.165, 1.54) is 19.1 Å². The molecule has 6 nitrogen and oxygen atoms in total. The third kappa shape index (κ3) is 4.23. The van der Waals surface area contributed by atoms with Crippen LogP contribution in [-0.4, -0.2) is 27.3 Å². The SMILES string of the molecule is CC(=O)c1cn(CCC(=O)NCc2ccc(C(=O)O)cc2)c2ccccc12. The van der Waals surface area contributed by atoms with Crippen LogP contribution in [0.25, 0.3) is 10.9 Å². The number of amides is 1. The largest absolute Gasteiger partial charge is 0.478 e. The van der Waals surface area contributed by atoms with Gasteiger partial charge in [0.25, 0.3) is 0 Å². The number of aromatic nitrogens is 1. The molecule has 2 N–H and O–H groups in total. The van der Waals surface area contributed by atoms with Crippen LogP contribution in [-0.2, 0) is 17.9 Å². The van der Waals surface area contributed by atoms with E-state index in [2.05, 4.69) is 5.32 Å². The van der Waals surface area contributed by atoms with Crippen molar-refractivity contribution < 1.29 is 19.5 Å². The summed E-state index contributed by atoms with van der Waals surface area (Å²) in [5.74, 6) is -1.09. The molecule has 0 bridgehead atoms. The minimum atomic E-state index is -0.977. The second kappa shape index (κ2) is 7.86. The van der Waals surface area contributed by atoms with Gasteiger partial charge < -0.3 is 15.0 Å². The highest BCUT2D eigenvalue weighted by Crippen LogP contribution is 2.22. The van der Waals surface area contributed by atoms with Crippen LogP contribution in [0.4, 0.5) is 0 Å². The predicted octanol–water partition coefficient (Wildman–Crippen LogP) is 3.25. The number of benzene rings is 2. The Balaban J connectivity index is 1.60. The van der Waals surface area contributed by atoms with Crippen LogP contribution >= 0.6 is 0 Å². The van der Waals surface area contributed by atoms with Gasteiger partial charge in [0.2, 0.25) is 5.91 Å². The number of rotatable bonds is 7. The molecule has 0 radical (unpaired) electrons. The zero-order valence-corrected chi connectivity index (χ0v) is 14.9. The van der Waals surface area contributed by atoms with Gasteiger partial charge in [-0.1, -0.05) is 30.3 Å². The van der Waals surface area contributed by atoms with Gasteiger partial charge >= 0.3 is 5.97 Å². The van der Waals surface area contributed by atoms with E-state index in [0.29, 0.717) is 18.7 Å². The number of nitrogens with zero attached hydrogens (tertiary/aromatic N) is 1. The average Bonchev–Trinajstić information content (AvgIpc) is 3.04. The summed E-state index contributed by atoms with van der Waals surface area (Å²) >= 11 is 0. The summed E-state index contributed by atoms with van der Waals surface area (Å²) in [4.78, 5) is 34.8. The molecule has 27 heavy (non-hydrogen) atoms. The maximum atomic E-state index is 12.2. The Labute approximate surface area is 156 Å².